The van der Waals surface area contributed by atoms with Crippen LogP contribution >= 0.6 is 34.9 Å². The zero-order valence-electron chi connectivity index (χ0n) is 12.4. The van der Waals surface area contributed by atoms with Crippen molar-refractivity contribution in [3.8, 4) is 0 Å². The van der Waals surface area contributed by atoms with Crippen molar-refractivity contribution in [1.82, 2.24) is 19.7 Å². The molecule has 0 saturated carbocycles. The summed E-state index contributed by atoms with van der Waals surface area (Å²) in [7, 11) is 1.86. The summed E-state index contributed by atoms with van der Waals surface area (Å²) in [4.78, 5) is 17.6. The first-order valence-electron chi connectivity index (χ1n) is 6.98. The molecule has 120 valence electrons. The summed E-state index contributed by atoms with van der Waals surface area (Å²) in [6, 6.07) is 4.03. The Morgan fingerprint density at radius 2 is 2.35 bits per heavy atom. The Kier molecular flexibility index (Phi) is 4.99. The van der Waals surface area contributed by atoms with Gasteiger partial charge in [0.15, 0.2) is 9.90 Å². The van der Waals surface area contributed by atoms with Gasteiger partial charge in [-0.15, -0.1) is 22.7 Å². The summed E-state index contributed by atoms with van der Waals surface area (Å²) in [5.41, 5.74) is 0.862. The largest absolute Gasteiger partial charge is 0.307 e. The van der Waals surface area contributed by atoms with Crippen LogP contribution in [0.3, 0.4) is 0 Å². The van der Waals surface area contributed by atoms with Crippen molar-refractivity contribution < 1.29 is 4.79 Å². The molecule has 1 amide bonds. The van der Waals surface area contributed by atoms with E-state index in [1.807, 2.05) is 34.5 Å². The summed E-state index contributed by atoms with van der Waals surface area (Å²) < 4.78 is 2.39. The van der Waals surface area contributed by atoms with E-state index in [2.05, 4.69) is 20.5 Å². The van der Waals surface area contributed by atoms with E-state index in [0.29, 0.717) is 22.7 Å². The number of aryl methyl sites for hydroxylation is 1. The maximum atomic E-state index is 12.0. The van der Waals surface area contributed by atoms with Crippen LogP contribution in [0.1, 0.15) is 22.8 Å². The lowest BCUT2D eigenvalue weighted by Gasteiger charge is -2.00. The number of aromatic nitrogens is 4. The van der Waals surface area contributed by atoms with Crippen LogP contribution in [0, 0.1) is 4.77 Å². The fourth-order valence-corrected chi connectivity index (χ4v) is 3.61. The molecule has 0 bridgehead atoms. The normalized spacial score (nSPS) is 10.8. The second-order valence-corrected chi connectivity index (χ2v) is 7.23. The van der Waals surface area contributed by atoms with E-state index in [9.17, 15) is 4.79 Å². The molecule has 6 nitrogen and oxygen atoms in total. The maximum Gasteiger partial charge on any atom is 0.226 e. The van der Waals surface area contributed by atoms with Gasteiger partial charge in [-0.3, -0.25) is 9.89 Å². The molecule has 0 saturated heterocycles. The van der Waals surface area contributed by atoms with E-state index in [0.717, 1.165) is 17.9 Å². The standard InChI is InChI=1S/C14H15N5OS3/c1-19-11(17-18-14(19)21)7-9-8-23-13(15-9)16-12(20)5-4-10-3-2-6-22-10/h2-3,6,8H,4-5,7H2,1H3,(H,18,21)(H,15,16,20). The lowest BCUT2D eigenvalue weighted by atomic mass is 10.2. The number of carbonyl (C=O) groups excluding carboxylic acids is 1. The number of rotatable bonds is 6. The summed E-state index contributed by atoms with van der Waals surface area (Å²) in [6.45, 7) is 0. The van der Waals surface area contributed by atoms with Crippen LogP contribution in [-0.4, -0.2) is 25.7 Å². The summed E-state index contributed by atoms with van der Waals surface area (Å²) in [5.74, 6) is 0.799. The lowest BCUT2D eigenvalue weighted by Crippen LogP contribution is -2.12. The Bertz CT molecular complexity index is 846. The molecular formula is C14H15N5OS3. The molecule has 0 spiro atoms. The van der Waals surface area contributed by atoms with Gasteiger partial charge in [0, 0.05) is 23.7 Å². The first-order chi connectivity index (χ1) is 11.1. The molecule has 0 atom stereocenters. The van der Waals surface area contributed by atoms with Crippen LogP contribution in [0.4, 0.5) is 5.13 Å². The van der Waals surface area contributed by atoms with Crippen molar-refractivity contribution in [3.63, 3.8) is 0 Å². The van der Waals surface area contributed by atoms with E-state index in [1.165, 1.54) is 16.2 Å². The van der Waals surface area contributed by atoms with Gasteiger partial charge in [-0.2, -0.15) is 5.10 Å². The molecule has 0 aromatic carbocycles. The minimum Gasteiger partial charge on any atom is -0.307 e. The van der Waals surface area contributed by atoms with Gasteiger partial charge in [-0.25, -0.2) is 4.98 Å². The minimum absolute atomic E-state index is 0.0162. The number of aromatic amines is 1. The third-order valence-corrected chi connectivity index (χ3v) is 5.40. The molecule has 0 fully saturated rings. The fourth-order valence-electron chi connectivity index (χ4n) is 2.02. The van der Waals surface area contributed by atoms with Crippen molar-refractivity contribution in [2.24, 2.45) is 7.05 Å². The summed E-state index contributed by atoms with van der Waals surface area (Å²) >= 11 is 8.17. The topological polar surface area (TPSA) is 75.6 Å². The van der Waals surface area contributed by atoms with Crippen molar-refractivity contribution >= 4 is 45.9 Å². The quantitative estimate of drug-likeness (QED) is 0.658. The first kappa shape index (κ1) is 16.0. The molecule has 0 aliphatic rings. The smallest absolute Gasteiger partial charge is 0.226 e. The average molecular weight is 366 g/mol. The number of anilines is 1. The van der Waals surface area contributed by atoms with Gasteiger partial charge in [0.1, 0.15) is 5.82 Å². The van der Waals surface area contributed by atoms with Gasteiger partial charge in [0.2, 0.25) is 5.91 Å². The Hall–Kier alpha value is -1.84. The number of H-pyrrole nitrogens is 1. The van der Waals surface area contributed by atoms with Crippen LogP contribution in [-0.2, 0) is 24.7 Å². The number of hydrogen-bond donors (Lipinski definition) is 2. The molecule has 9 heteroatoms. The molecule has 3 aromatic rings. The third-order valence-electron chi connectivity index (χ3n) is 3.29. The van der Waals surface area contributed by atoms with E-state index in [4.69, 9.17) is 12.2 Å². The van der Waals surface area contributed by atoms with Gasteiger partial charge in [-0.05, 0) is 30.1 Å². The molecule has 3 aromatic heterocycles. The summed E-state index contributed by atoms with van der Waals surface area (Å²) in [6.07, 6.45) is 1.79. The maximum absolute atomic E-state index is 12.0. The molecule has 0 aliphatic carbocycles. The molecule has 3 rings (SSSR count). The number of nitrogens with zero attached hydrogens (tertiary/aromatic N) is 3. The minimum atomic E-state index is -0.0162. The second kappa shape index (κ2) is 7.16. The van der Waals surface area contributed by atoms with E-state index in [1.54, 1.807) is 11.3 Å². The van der Waals surface area contributed by atoms with Crippen molar-refractivity contribution in [3.05, 3.63) is 44.1 Å². The highest BCUT2D eigenvalue weighted by Gasteiger charge is 2.10. The molecule has 0 radical (unpaired) electrons. The monoisotopic (exact) mass is 365 g/mol. The van der Waals surface area contributed by atoms with Crippen molar-refractivity contribution in [1.29, 1.82) is 0 Å². The Morgan fingerprint density at radius 1 is 1.48 bits per heavy atom. The van der Waals surface area contributed by atoms with E-state index in [-0.39, 0.29) is 5.91 Å². The van der Waals surface area contributed by atoms with Gasteiger partial charge >= 0.3 is 0 Å². The molecule has 0 aliphatic heterocycles. The van der Waals surface area contributed by atoms with Crippen LogP contribution in [0.5, 0.6) is 0 Å². The van der Waals surface area contributed by atoms with Crippen LogP contribution in [0.15, 0.2) is 22.9 Å². The Labute approximate surface area is 146 Å². The van der Waals surface area contributed by atoms with Gasteiger partial charge in [-0.1, -0.05) is 6.07 Å². The lowest BCUT2D eigenvalue weighted by molar-refractivity contribution is -0.116. The van der Waals surface area contributed by atoms with Crippen LogP contribution in [0.2, 0.25) is 0 Å². The molecule has 3 heterocycles. The molecule has 2 N–H and O–H groups in total. The number of nitrogens with one attached hydrogen (secondary N) is 2. The van der Waals surface area contributed by atoms with Gasteiger partial charge in [0.05, 0.1) is 12.1 Å². The number of thiazole rings is 1. The fraction of sp³-hybridized carbons (Fsp3) is 0.286. The predicted molar refractivity (Wildman–Crippen MR) is 94.6 cm³/mol. The highest BCUT2D eigenvalue weighted by atomic mass is 32.1. The number of amides is 1. The Balaban J connectivity index is 1.55. The second-order valence-electron chi connectivity index (χ2n) is 4.95. The first-order valence-corrected chi connectivity index (χ1v) is 9.15. The number of carbonyl (C=O) groups is 1. The number of hydrogen-bond acceptors (Lipinski definition) is 6. The van der Waals surface area contributed by atoms with Gasteiger partial charge < -0.3 is 9.88 Å². The highest BCUT2D eigenvalue weighted by molar-refractivity contribution is 7.71. The molecule has 0 unspecified atom stereocenters. The van der Waals surface area contributed by atoms with E-state index < -0.39 is 0 Å². The van der Waals surface area contributed by atoms with Crippen LogP contribution in [0.25, 0.3) is 0 Å². The van der Waals surface area contributed by atoms with Crippen LogP contribution < -0.4 is 5.32 Å². The van der Waals surface area contributed by atoms with Crippen molar-refractivity contribution in [2.75, 3.05) is 5.32 Å². The van der Waals surface area contributed by atoms with Gasteiger partial charge in [0.25, 0.3) is 0 Å². The van der Waals surface area contributed by atoms with Crippen molar-refractivity contribution in [2.45, 2.75) is 19.3 Å². The highest BCUT2D eigenvalue weighted by Crippen LogP contribution is 2.18. The zero-order valence-corrected chi connectivity index (χ0v) is 14.9. The number of thiophene rings is 1. The van der Waals surface area contributed by atoms with E-state index >= 15 is 0 Å². The average Bonchev–Trinajstić information content (AvgIpc) is 3.25. The Morgan fingerprint density at radius 3 is 3.04 bits per heavy atom. The predicted octanol–water partition coefficient (Wildman–Crippen LogP) is 3.16. The molecular weight excluding hydrogens is 350 g/mol. The third kappa shape index (κ3) is 4.12. The summed E-state index contributed by atoms with van der Waals surface area (Å²) in [5, 5.41) is 14.3. The SMILES string of the molecule is Cn1c(Cc2csc(NC(=O)CCc3cccs3)n2)n[nH]c1=S. The zero-order chi connectivity index (χ0) is 16.2. The molecule has 23 heavy (non-hydrogen) atoms.